The van der Waals surface area contributed by atoms with Gasteiger partial charge in [-0.2, -0.15) is 0 Å². The van der Waals surface area contributed by atoms with Crippen LogP contribution in [-0.2, 0) is 6.54 Å². The highest BCUT2D eigenvalue weighted by molar-refractivity contribution is 6.30. The molecule has 2 N–H and O–H groups in total. The summed E-state index contributed by atoms with van der Waals surface area (Å²) in [6, 6.07) is 10.2. The normalized spacial score (nSPS) is 10.4. The van der Waals surface area contributed by atoms with Crippen LogP contribution in [0.5, 0.6) is 5.75 Å². The number of hydrogen-bond acceptors (Lipinski definition) is 2. The fourth-order valence-corrected chi connectivity index (χ4v) is 2.00. The van der Waals surface area contributed by atoms with Crippen LogP contribution in [0.25, 0.3) is 11.1 Å². The van der Waals surface area contributed by atoms with Crippen LogP contribution in [-0.4, -0.2) is 7.11 Å². The average molecular weight is 266 g/mol. The Morgan fingerprint density at radius 3 is 2.61 bits per heavy atom. The fourth-order valence-electron chi connectivity index (χ4n) is 1.83. The number of ether oxygens (including phenoxy) is 1. The number of hydrogen-bond donors (Lipinski definition) is 1. The molecule has 2 rings (SSSR count). The van der Waals surface area contributed by atoms with E-state index in [0.29, 0.717) is 11.6 Å². The van der Waals surface area contributed by atoms with Crippen molar-refractivity contribution in [3.63, 3.8) is 0 Å². The molecule has 2 nitrogen and oxygen atoms in total. The third kappa shape index (κ3) is 2.47. The van der Waals surface area contributed by atoms with Gasteiger partial charge in [0.2, 0.25) is 0 Å². The summed E-state index contributed by atoms with van der Waals surface area (Å²) in [6.45, 7) is 0.375. The topological polar surface area (TPSA) is 35.2 Å². The van der Waals surface area contributed by atoms with E-state index < -0.39 is 5.82 Å². The second-order valence-electron chi connectivity index (χ2n) is 3.85. The molecule has 0 aliphatic heterocycles. The highest BCUT2D eigenvalue weighted by Crippen LogP contribution is 2.30. The van der Waals surface area contributed by atoms with E-state index in [2.05, 4.69) is 0 Å². The smallest absolute Gasteiger partial charge is 0.165 e. The molecule has 0 amide bonds. The molecule has 0 atom stereocenters. The van der Waals surface area contributed by atoms with Gasteiger partial charge in [0.25, 0.3) is 0 Å². The van der Waals surface area contributed by atoms with Crippen molar-refractivity contribution in [2.75, 3.05) is 7.11 Å². The minimum absolute atomic E-state index is 0.218. The van der Waals surface area contributed by atoms with Crippen LogP contribution in [0.2, 0.25) is 5.02 Å². The van der Waals surface area contributed by atoms with Gasteiger partial charge in [-0.05, 0) is 41.0 Å². The predicted molar refractivity (Wildman–Crippen MR) is 71.3 cm³/mol. The van der Waals surface area contributed by atoms with Crippen LogP contribution in [0.15, 0.2) is 36.4 Å². The summed E-state index contributed by atoms with van der Waals surface area (Å²) in [7, 11) is 1.43. The van der Waals surface area contributed by atoms with Gasteiger partial charge in [-0.25, -0.2) is 4.39 Å². The Morgan fingerprint density at radius 2 is 2.00 bits per heavy atom. The molecule has 0 aliphatic carbocycles. The molecule has 0 saturated carbocycles. The van der Waals surface area contributed by atoms with E-state index in [1.54, 1.807) is 24.3 Å². The first-order valence-electron chi connectivity index (χ1n) is 5.48. The Morgan fingerprint density at radius 1 is 1.22 bits per heavy atom. The minimum atomic E-state index is -0.405. The maximum atomic E-state index is 13.7. The standard InChI is InChI=1S/C14H13ClFNO/c1-18-14-5-3-9(6-13(14)16)12-7-11(15)4-2-10(12)8-17/h2-7H,8,17H2,1H3. The maximum Gasteiger partial charge on any atom is 0.165 e. The molecule has 4 heteroatoms. The lowest BCUT2D eigenvalue weighted by Crippen LogP contribution is -1.99. The van der Waals surface area contributed by atoms with Gasteiger partial charge in [0, 0.05) is 11.6 Å². The predicted octanol–water partition coefficient (Wildman–Crippen LogP) is 3.61. The van der Waals surface area contributed by atoms with E-state index in [4.69, 9.17) is 22.1 Å². The van der Waals surface area contributed by atoms with Crippen LogP contribution in [0.4, 0.5) is 4.39 Å². The second kappa shape index (κ2) is 5.38. The summed E-state index contributed by atoms with van der Waals surface area (Å²) in [6.07, 6.45) is 0. The average Bonchev–Trinajstić information content (AvgIpc) is 2.38. The highest BCUT2D eigenvalue weighted by Gasteiger charge is 2.09. The SMILES string of the molecule is COc1ccc(-c2cc(Cl)ccc2CN)cc1F. The van der Waals surface area contributed by atoms with E-state index in [-0.39, 0.29) is 5.75 Å². The third-order valence-electron chi connectivity index (χ3n) is 2.75. The Hall–Kier alpha value is -1.58. The van der Waals surface area contributed by atoms with Gasteiger partial charge in [-0.1, -0.05) is 23.7 Å². The van der Waals surface area contributed by atoms with Gasteiger partial charge in [0.1, 0.15) is 0 Å². The zero-order chi connectivity index (χ0) is 13.1. The van der Waals surface area contributed by atoms with Crippen molar-refractivity contribution in [2.45, 2.75) is 6.54 Å². The van der Waals surface area contributed by atoms with Gasteiger partial charge >= 0.3 is 0 Å². The molecule has 0 spiro atoms. The quantitative estimate of drug-likeness (QED) is 0.920. The molecule has 2 aromatic carbocycles. The van der Waals surface area contributed by atoms with Crippen molar-refractivity contribution in [2.24, 2.45) is 5.73 Å². The molecule has 0 fully saturated rings. The van der Waals surface area contributed by atoms with Crippen LogP contribution in [0, 0.1) is 5.82 Å². The highest BCUT2D eigenvalue weighted by atomic mass is 35.5. The van der Waals surface area contributed by atoms with Crippen LogP contribution >= 0.6 is 11.6 Å². The number of nitrogens with two attached hydrogens (primary N) is 1. The van der Waals surface area contributed by atoms with E-state index in [1.807, 2.05) is 6.07 Å². The zero-order valence-corrected chi connectivity index (χ0v) is 10.7. The van der Waals surface area contributed by atoms with Crippen molar-refractivity contribution < 1.29 is 9.13 Å². The third-order valence-corrected chi connectivity index (χ3v) is 2.99. The van der Waals surface area contributed by atoms with E-state index in [9.17, 15) is 4.39 Å². The van der Waals surface area contributed by atoms with Crippen LogP contribution < -0.4 is 10.5 Å². The van der Waals surface area contributed by atoms with Gasteiger partial charge in [-0.15, -0.1) is 0 Å². The molecule has 0 unspecified atom stereocenters. The molecular weight excluding hydrogens is 253 g/mol. The molecule has 0 saturated heterocycles. The van der Waals surface area contributed by atoms with Crippen molar-refractivity contribution >= 4 is 11.6 Å². The van der Waals surface area contributed by atoms with Crippen molar-refractivity contribution in [3.05, 3.63) is 52.8 Å². The number of halogens is 2. The summed E-state index contributed by atoms with van der Waals surface area (Å²) in [5.41, 5.74) is 8.16. The Bertz CT molecular complexity index is 572. The summed E-state index contributed by atoms with van der Waals surface area (Å²) < 4.78 is 18.6. The lowest BCUT2D eigenvalue weighted by atomic mass is 9.99. The Labute approximate surface area is 110 Å². The molecule has 0 heterocycles. The Kier molecular flexibility index (Phi) is 3.84. The molecule has 0 aliphatic rings. The summed E-state index contributed by atoms with van der Waals surface area (Å²) in [5.74, 6) is -0.187. The van der Waals surface area contributed by atoms with E-state index >= 15 is 0 Å². The lowest BCUT2D eigenvalue weighted by Gasteiger charge is -2.10. The molecule has 0 radical (unpaired) electrons. The monoisotopic (exact) mass is 265 g/mol. The summed E-state index contributed by atoms with van der Waals surface area (Å²) in [4.78, 5) is 0. The molecule has 0 aromatic heterocycles. The molecular formula is C14H13ClFNO. The first-order valence-corrected chi connectivity index (χ1v) is 5.86. The lowest BCUT2D eigenvalue weighted by molar-refractivity contribution is 0.386. The van der Waals surface area contributed by atoms with E-state index in [0.717, 1.165) is 16.7 Å². The summed E-state index contributed by atoms with van der Waals surface area (Å²) >= 11 is 5.96. The van der Waals surface area contributed by atoms with Crippen molar-refractivity contribution in [1.29, 1.82) is 0 Å². The Balaban J connectivity index is 2.54. The number of methoxy groups -OCH3 is 1. The molecule has 18 heavy (non-hydrogen) atoms. The van der Waals surface area contributed by atoms with Crippen LogP contribution in [0.1, 0.15) is 5.56 Å². The number of benzene rings is 2. The van der Waals surface area contributed by atoms with Gasteiger partial charge in [0.15, 0.2) is 11.6 Å². The van der Waals surface area contributed by atoms with Crippen molar-refractivity contribution in [3.8, 4) is 16.9 Å². The van der Waals surface area contributed by atoms with Crippen molar-refractivity contribution in [1.82, 2.24) is 0 Å². The van der Waals surface area contributed by atoms with E-state index in [1.165, 1.54) is 13.2 Å². The first kappa shape index (κ1) is 12.9. The number of rotatable bonds is 3. The molecule has 94 valence electrons. The minimum Gasteiger partial charge on any atom is -0.494 e. The first-order chi connectivity index (χ1) is 8.65. The zero-order valence-electron chi connectivity index (χ0n) is 9.91. The second-order valence-corrected chi connectivity index (χ2v) is 4.29. The maximum absolute atomic E-state index is 13.7. The van der Waals surface area contributed by atoms with Crippen LogP contribution in [0.3, 0.4) is 0 Å². The molecule has 0 bridgehead atoms. The summed E-state index contributed by atoms with van der Waals surface area (Å²) in [5, 5.41) is 0.596. The van der Waals surface area contributed by atoms with Gasteiger partial charge < -0.3 is 10.5 Å². The largest absolute Gasteiger partial charge is 0.494 e. The van der Waals surface area contributed by atoms with Gasteiger partial charge in [-0.3, -0.25) is 0 Å². The van der Waals surface area contributed by atoms with Gasteiger partial charge in [0.05, 0.1) is 7.11 Å². The fraction of sp³-hybridized carbons (Fsp3) is 0.143. The molecule has 2 aromatic rings.